The second-order valence-electron chi connectivity index (χ2n) is 8.97. The standard InChI is InChI=1S/C28H31Cl2N3O4S/c1-5-31-28(35)21(4)32(17-22-9-12-23(29)13-10-22)27(34)18-33(26-16-24(30)11-8-20(26)3)38(36,37)25-14-6-19(2)7-15-25/h6-16,21H,5,17-18H2,1-4H3,(H,31,35). The largest absolute Gasteiger partial charge is 0.355 e. The molecule has 0 radical (unpaired) electrons. The average Bonchev–Trinajstić information content (AvgIpc) is 2.88. The molecule has 3 rings (SSSR count). The summed E-state index contributed by atoms with van der Waals surface area (Å²) >= 11 is 12.3. The van der Waals surface area contributed by atoms with Crippen molar-refractivity contribution in [3.05, 3.63) is 93.5 Å². The van der Waals surface area contributed by atoms with Crippen molar-refractivity contribution in [2.24, 2.45) is 0 Å². The molecule has 1 unspecified atom stereocenters. The number of sulfonamides is 1. The zero-order valence-electron chi connectivity index (χ0n) is 21.7. The summed E-state index contributed by atoms with van der Waals surface area (Å²) in [6.45, 7) is 6.95. The SMILES string of the molecule is CCNC(=O)C(C)N(Cc1ccc(Cl)cc1)C(=O)CN(c1cc(Cl)ccc1C)S(=O)(=O)c1ccc(C)cc1. The van der Waals surface area contributed by atoms with E-state index in [4.69, 9.17) is 23.2 Å². The molecule has 1 N–H and O–H groups in total. The molecule has 0 bridgehead atoms. The van der Waals surface area contributed by atoms with E-state index in [0.29, 0.717) is 22.2 Å². The third-order valence-corrected chi connectivity index (χ3v) is 8.37. The van der Waals surface area contributed by atoms with Crippen LogP contribution in [0.1, 0.15) is 30.5 Å². The summed E-state index contributed by atoms with van der Waals surface area (Å²) in [5, 5.41) is 3.60. The molecule has 0 aliphatic carbocycles. The number of nitrogens with one attached hydrogen (secondary N) is 1. The zero-order chi connectivity index (χ0) is 28.0. The molecule has 0 aliphatic rings. The number of hydrogen-bond acceptors (Lipinski definition) is 4. The summed E-state index contributed by atoms with van der Waals surface area (Å²) in [6.07, 6.45) is 0. The molecule has 3 aromatic carbocycles. The fraction of sp³-hybridized carbons (Fsp3) is 0.286. The molecule has 3 aromatic rings. The first-order valence-corrected chi connectivity index (χ1v) is 14.3. The van der Waals surface area contributed by atoms with E-state index in [1.54, 1.807) is 69.3 Å². The number of halogens is 2. The molecule has 10 heteroatoms. The van der Waals surface area contributed by atoms with E-state index in [9.17, 15) is 18.0 Å². The number of rotatable bonds is 10. The van der Waals surface area contributed by atoms with Gasteiger partial charge in [-0.25, -0.2) is 8.42 Å². The van der Waals surface area contributed by atoms with Crippen molar-refractivity contribution in [1.82, 2.24) is 10.2 Å². The molecular formula is C28H31Cl2N3O4S. The zero-order valence-corrected chi connectivity index (χ0v) is 24.1. The highest BCUT2D eigenvalue weighted by atomic mass is 35.5. The molecule has 0 saturated heterocycles. The first kappa shape index (κ1) is 29.5. The van der Waals surface area contributed by atoms with Crippen LogP contribution >= 0.6 is 23.2 Å². The maximum Gasteiger partial charge on any atom is 0.264 e. The van der Waals surface area contributed by atoms with Crippen LogP contribution in [0.15, 0.2) is 71.6 Å². The molecule has 7 nitrogen and oxygen atoms in total. The monoisotopic (exact) mass is 575 g/mol. The smallest absolute Gasteiger partial charge is 0.264 e. The minimum atomic E-state index is -4.16. The van der Waals surface area contributed by atoms with E-state index >= 15 is 0 Å². The van der Waals surface area contributed by atoms with Crippen LogP contribution in [-0.2, 0) is 26.2 Å². The van der Waals surface area contributed by atoms with Gasteiger partial charge < -0.3 is 10.2 Å². The van der Waals surface area contributed by atoms with Gasteiger partial charge in [0.1, 0.15) is 12.6 Å². The molecule has 2 amide bonds. The third kappa shape index (κ3) is 7.07. The molecule has 202 valence electrons. The normalized spacial score (nSPS) is 12.1. The first-order valence-electron chi connectivity index (χ1n) is 12.1. The van der Waals surface area contributed by atoms with Crippen LogP contribution in [0.2, 0.25) is 10.0 Å². The summed E-state index contributed by atoms with van der Waals surface area (Å²) < 4.78 is 28.8. The predicted octanol–water partition coefficient (Wildman–Crippen LogP) is 5.36. The van der Waals surface area contributed by atoms with E-state index in [0.717, 1.165) is 15.4 Å². The third-order valence-electron chi connectivity index (χ3n) is 6.11. The highest BCUT2D eigenvalue weighted by molar-refractivity contribution is 7.92. The lowest BCUT2D eigenvalue weighted by Gasteiger charge is -2.32. The maximum absolute atomic E-state index is 13.9. The number of anilines is 1. The topological polar surface area (TPSA) is 86.8 Å². The number of amides is 2. The number of likely N-dealkylation sites (N-methyl/N-ethyl adjacent to an activating group) is 1. The second kappa shape index (κ2) is 12.7. The van der Waals surface area contributed by atoms with Gasteiger partial charge in [0.05, 0.1) is 10.6 Å². The Morgan fingerprint density at radius 1 is 0.921 bits per heavy atom. The van der Waals surface area contributed by atoms with Crippen molar-refractivity contribution in [2.75, 3.05) is 17.4 Å². The Balaban J connectivity index is 2.07. The Kier molecular flexibility index (Phi) is 9.82. The van der Waals surface area contributed by atoms with Gasteiger partial charge in [0.15, 0.2) is 0 Å². The van der Waals surface area contributed by atoms with Crippen molar-refractivity contribution >= 4 is 50.7 Å². The van der Waals surface area contributed by atoms with Crippen molar-refractivity contribution in [1.29, 1.82) is 0 Å². The van der Waals surface area contributed by atoms with E-state index in [1.807, 2.05) is 6.92 Å². The van der Waals surface area contributed by atoms with Gasteiger partial charge in [-0.15, -0.1) is 0 Å². The highest BCUT2D eigenvalue weighted by Crippen LogP contribution is 2.30. The van der Waals surface area contributed by atoms with Crippen LogP contribution in [0.4, 0.5) is 5.69 Å². The van der Waals surface area contributed by atoms with Crippen LogP contribution in [0.5, 0.6) is 0 Å². The van der Waals surface area contributed by atoms with Gasteiger partial charge in [-0.1, -0.05) is 59.1 Å². The number of carbonyl (C=O) groups excluding carboxylic acids is 2. The van der Waals surface area contributed by atoms with Crippen LogP contribution in [0.3, 0.4) is 0 Å². The lowest BCUT2D eigenvalue weighted by Crippen LogP contribution is -2.51. The van der Waals surface area contributed by atoms with E-state index in [1.165, 1.54) is 23.1 Å². The van der Waals surface area contributed by atoms with Gasteiger partial charge in [0.25, 0.3) is 10.0 Å². The Labute approximate surface area is 234 Å². The Morgan fingerprint density at radius 2 is 1.53 bits per heavy atom. The minimum absolute atomic E-state index is 0.0382. The Hall–Kier alpha value is -3.07. The van der Waals surface area contributed by atoms with Gasteiger partial charge in [0.2, 0.25) is 11.8 Å². The summed E-state index contributed by atoms with van der Waals surface area (Å²) in [5.41, 5.74) is 2.55. The Bertz CT molecular complexity index is 1390. The molecule has 0 spiro atoms. The summed E-state index contributed by atoms with van der Waals surface area (Å²) in [5.74, 6) is -0.893. The van der Waals surface area contributed by atoms with E-state index in [-0.39, 0.29) is 23.0 Å². The lowest BCUT2D eigenvalue weighted by atomic mass is 10.1. The summed E-state index contributed by atoms with van der Waals surface area (Å²) in [7, 11) is -4.16. The van der Waals surface area contributed by atoms with E-state index in [2.05, 4.69) is 5.32 Å². The fourth-order valence-corrected chi connectivity index (χ4v) is 5.66. The summed E-state index contributed by atoms with van der Waals surface area (Å²) in [6, 6.07) is 17.3. The number of nitrogens with zero attached hydrogens (tertiary/aromatic N) is 2. The highest BCUT2D eigenvalue weighted by Gasteiger charge is 2.33. The fourth-order valence-electron chi connectivity index (χ4n) is 3.89. The quantitative estimate of drug-likeness (QED) is 0.352. The molecule has 1 atom stereocenters. The number of hydrogen-bond donors (Lipinski definition) is 1. The number of benzene rings is 3. The Morgan fingerprint density at radius 3 is 2.13 bits per heavy atom. The molecular weight excluding hydrogens is 545 g/mol. The molecule has 0 aromatic heterocycles. The second-order valence-corrected chi connectivity index (χ2v) is 11.7. The van der Waals surface area contributed by atoms with Crippen molar-refractivity contribution in [3.63, 3.8) is 0 Å². The minimum Gasteiger partial charge on any atom is -0.355 e. The molecule has 0 aliphatic heterocycles. The van der Waals surface area contributed by atoms with Gasteiger partial charge in [-0.3, -0.25) is 13.9 Å². The van der Waals surface area contributed by atoms with Gasteiger partial charge >= 0.3 is 0 Å². The number of carbonyl (C=O) groups is 2. The van der Waals surface area contributed by atoms with E-state index < -0.39 is 28.5 Å². The van der Waals surface area contributed by atoms with Crippen LogP contribution in [-0.4, -0.2) is 44.3 Å². The average molecular weight is 577 g/mol. The first-order chi connectivity index (χ1) is 17.9. The van der Waals surface area contributed by atoms with Crippen molar-refractivity contribution in [2.45, 2.75) is 45.2 Å². The van der Waals surface area contributed by atoms with Crippen molar-refractivity contribution in [3.8, 4) is 0 Å². The molecule has 38 heavy (non-hydrogen) atoms. The van der Waals surface area contributed by atoms with Gasteiger partial charge in [0, 0.05) is 23.1 Å². The number of aryl methyl sites for hydroxylation is 2. The van der Waals surface area contributed by atoms with Crippen LogP contribution < -0.4 is 9.62 Å². The van der Waals surface area contributed by atoms with Crippen molar-refractivity contribution < 1.29 is 18.0 Å². The molecule has 0 fully saturated rings. The lowest BCUT2D eigenvalue weighted by molar-refractivity contribution is -0.139. The van der Waals surface area contributed by atoms with Gasteiger partial charge in [-0.2, -0.15) is 0 Å². The van der Waals surface area contributed by atoms with Crippen LogP contribution in [0, 0.1) is 13.8 Å². The maximum atomic E-state index is 13.9. The van der Waals surface area contributed by atoms with Gasteiger partial charge in [-0.05, 0) is 75.2 Å². The summed E-state index contributed by atoms with van der Waals surface area (Å²) in [4.78, 5) is 28.0. The van der Waals surface area contributed by atoms with Crippen LogP contribution in [0.25, 0.3) is 0 Å². The predicted molar refractivity (Wildman–Crippen MR) is 152 cm³/mol. The molecule has 0 saturated carbocycles. The molecule has 0 heterocycles.